The van der Waals surface area contributed by atoms with E-state index in [2.05, 4.69) is 10.3 Å². The summed E-state index contributed by atoms with van der Waals surface area (Å²) in [6.45, 7) is 1.58. The van der Waals surface area contributed by atoms with Crippen LogP contribution >= 0.6 is 11.3 Å². The van der Waals surface area contributed by atoms with E-state index in [1.54, 1.807) is 14.0 Å². The number of thiazole rings is 1. The normalized spacial score (nSPS) is 21.8. The van der Waals surface area contributed by atoms with Crippen LogP contribution in [-0.4, -0.2) is 40.8 Å². The minimum absolute atomic E-state index is 0.259. The first-order valence-corrected chi connectivity index (χ1v) is 10.3. The maximum Gasteiger partial charge on any atom is 0.249 e. The standard InChI is InChI=1S/C21H21N3O4S/c1-12(24-19(26)15-5-3-4-6-16(15)20(24)27)18(25)23-21-22-17(11-29-21)13-7-9-14(28-2)10-8-13/h3-4,7-12,15-16H,5-6H2,1-2H3,(H,22,23,25). The van der Waals surface area contributed by atoms with E-state index in [1.165, 1.54) is 11.3 Å². The number of anilines is 1. The molecule has 1 saturated heterocycles. The van der Waals surface area contributed by atoms with Crippen LogP contribution in [0.3, 0.4) is 0 Å². The SMILES string of the molecule is COc1ccc(-c2csc(NC(=O)C(C)N3C(=O)C4CC=CCC4C3=O)n2)cc1. The number of likely N-dealkylation sites (tertiary alicyclic amines) is 1. The van der Waals surface area contributed by atoms with Crippen LogP contribution in [0.5, 0.6) is 5.75 Å². The van der Waals surface area contributed by atoms with Gasteiger partial charge in [-0.3, -0.25) is 19.3 Å². The number of benzene rings is 1. The minimum Gasteiger partial charge on any atom is -0.497 e. The summed E-state index contributed by atoms with van der Waals surface area (Å²) in [5.41, 5.74) is 1.63. The van der Waals surface area contributed by atoms with Crippen LogP contribution < -0.4 is 10.1 Å². The number of aromatic nitrogens is 1. The molecular weight excluding hydrogens is 390 g/mol. The lowest BCUT2D eigenvalue weighted by molar-refractivity contribution is -0.146. The second-order valence-corrected chi connectivity index (χ2v) is 7.99. The van der Waals surface area contributed by atoms with E-state index >= 15 is 0 Å². The third kappa shape index (κ3) is 3.55. The number of carbonyl (C=O) groups excluding carboxylic acids is 3. The van der Waals surface area contributed by atoms with E-state index in [-0.39, 0.29) is 23.7 Å². The Morgan fingerprint density at radius 2 is 1.79 bits per heavy atom. The molecule has 4 rings (SSSR count). The molecule has 1 aromatic heterocycles. The number of rotatable bonds is 5. The van der Waals surface area contributed by atoms with Gasteiger partial charge in [-0.05, 0) is 44.0 Å². The third-order valence-electron chi connectivity index (χ3n) is 5.43. The van der Waals surface area contributed by atoms with Crippen molar-refractivity contribution in [1.29, 1.82) is 0 Å². The monoisotopic (exact) mass is 411 g/mol. The maximum atomic E-state index is 12.7. The molecule has 0 bridgehead atoms. The summed E-state index contributed by atoms with van der Waals surface area (Å²) in [5.74, 6) is -0.875. The van der Waals surface area contributed by atoms with Crippen LogP contribution in [-0.2, 0) is 14.4 Å². The Hall–Kier alpha value is -3.00. The van der Waals surface area contributed by atoms with Crippen molar-refractivity contribution in [3.63, 3.8) is 0 Å². The van der Waals surface area contributed by atoms with E-state index in [0.717, 1.165) is 21.9 Å². The summed E-state index contributed by atoms with van der Waals surface area (Å²) in [7, 11) is 1.61. The minimum atomic E-state index is -0.881. The van der Waals surface area contributed by atoms with Crippen molar-refractivity contribution >= 4 is 34.2 Å². The molecule has 0 spiro atoms. The van der Waals surface area contributed by atoms with Crippen molar-refractivity contribution < 1.29 is 19.1 Å². The molecule has 0 saturated carbocycles. The zero-order chi connectivity index (χ0) is 20.5. The van der Waals surface area contributed by atoms with Crippen molar-refractivity contribution in [2.24, 2.45) is 11.8 Å². The first kappa shape index (κ1) is 19.3. The average Bonchev–Trinajstić information content (AvgIpc) is 3.31. The molecule has 1 aliphatic carbocycles. The van der Waals surface area contributed by atoms with Crippen LogP contribution in [0, 0.1) is 11.8 Å². The Morgan fingerprint density at radius 3 is 2.38 bits per heavy atom. The number of fused-ring (bicyclic) bond motifs is 1. The number of nitrogens with zero attached hydrogens (tertiary/aromatic N) is 2. The highest BCUT2D eigenvalue weighted by Crippen LogP contribution is 2.36. The molecule has 3 atom stereocenters. The number of allylic oxidation sites excluding steroid dienone is 2. The molecule has 2 aromatic rings. The van der Waals surface area contributed by atoms with Gasteiger partial charge in [-0.15, -0.1) is 11.3 Å². The van der Waals surface area contributed by atoms with Gasteiger partial charge in [-0.2, -0.15) is 0 Å². The number of amides is 3. The van der Waals surface area contributed by atoms with Gasteiger partial charge in [0, 0.05) is 10.9 Å². The van der Waals surface area contributed by atoms with Crippen LogP contribution in [0.15, 0.2) is 41.8 Å². The molecule has 7 nitrogen and oxygen atoms in total. The van der Waals surface area contributed by atoms with Crippen LogP contribution in [0.25, 0.3) is 11.3 Å². The zero-order valence-corrected chi connectivity index (χ0v) is 16.9. The van der Waals surface area contributed by atoms with Gasteiger partial charge < -0.3 is 10.1 Å². The number of hydrogen-bond acceptors (Lipinski definition) is 6. The number of hydrogen-bond donors (Lipinski definition) is 1. The largest absolute Gasteiger partial charge is 0.497 e. The van der Waals surface area contributed by atoms with E-state index < -0.39 is 11.9 Å². The Morgan fingerprint density at radius 1 is 1.17 bits per heavy atom. The highest BCUT2D eigenvalue weighted by atomic mass is 32.1. The highest BCUT2D eigenvalue weighted by molar-refractivity contribution is 7.14. The van der Waals surface area contributed by atoms with E-state index in [1.807, 2.05) is 41.8 Å². The molecule has 2 heterocycles. The number of methoxy groups -OCH3 is 1. The fraction of sp³-hybridized carbons (Fsp3) is 0.333. The lowest BCUT2D eigenvalue weighted by Gasteiger charge is -2.21. The smallest absolute Gasteiger partial charge is 0.249 e. The summed E-state index contributed by atoms with van der Waals surface area (Å²) in [4.78, 5) is 43.6. The molecular formula is C21H21N3O4S. The number of imide groups is 1. The lowest BCUT2D eigenvalue weighted by Crippen LogP contribution is -2.46. The van der Waals surface area contributed by atoms with Crippen molar-refractivity contribution in [1.82, 2.24) is 9.88 Å². The van der Waals surface area contributed by atoms with E-state index in [4.69, 9.17) is 4.74 Å². The Balaban J connectivity index is 1.45. The van der Waals surface area contributed by atoms with Gasteiger partial charge in [0.15, 0.2) is 5.13 Å². The summed E-state index contributed by atoms with van der Waals surface area (Å²) >= 11 is 1.29. The van der Waals surface area contributed by atoms with Gasteiger partial charge >= 0.3 is 0 Å². The lowest BCUT2D eigenvalue weighted by atomic mass is 9.85. The van der Waals surface area contributed by atoms with Crippen molar-refractivity contribution in [2.45, 2.75) is 25.8 Å². The Bertz CT molecular complexity index is 956. The first-order chi connectivity index (χ1) is 14.0. The van der Waals surface area contributed by atoms with Gasteiger partial charge in [-0.1, -0.05) is 12.2 Å². The van der Waals surface area contributed by atoms with Crippen molar-refractivity contribution in [2.75, 3.05) is 12.4 Å². The zero-order valence-electron chi connectivity index (χ0n) is 16.1. The Kier molecular flexibility index (Phi) is 5.19. The van der Waals surface area contributed by atoms with Crippen molar-refractivity contribution in [3.05, 3.63) is 41.8 Å². The van der Waals surface area contributed by atoms with Gasteiger partial charge in [-0.25, -0.2) is 4.98 Å². The molecule has 1 N–H and O–H groups in total. The second kappa shape index (κ2) is 7.79. The molecule has 1 aromatic carbocycles. The summed E-state index contributed by atoms with van der Waals surface area (Å²) in [5, 5.41) is 5.00. The molecule has 0 radical (unpaired) electrons. The third-order valence-corrected chi connectivity index (χ3v) is 6.19. The molecule has 29 heavy (non-hydrogen) atoms. The van der Waals surface area contributed by atoms with Crippen LogP contribution in [0.4, 0.5) is 5.13 Å². The van der Waals surface area contributed by atoms with Crippen LogP contribution in [0.2, 0.25) is 0 Å². The van der Waals surface area contributed by atoms with E-state index in [9.17, 15) is 14.4 Å². The number of nitrogens with one attached hydrogen (secondary N) is 1. The highest BCUT2D eigenvalue weighted by Gasteiger charge is 2.50. The number of ether oxygens (including phenoxy) is 1. The fourth-order valence-corrected chi connectivity index (χ4v) is 4.48. The Labute approximate surface area is 172 Å². The molecule has 8 heteroatoms. The van der Waals surface area contributed by atoms with Crippen molar-refractivity contribution in [3.8, 4) is 17.0 Å². The van der Waals surface area contributed by atoms with Gasteiger partial charge in [0.25, 0.3) is 0 Å². The number of carbonyl (C=O) groups is 3. The summed E-state index contributed by atoms with van der Waals surface area (Å²) in [6, 6.07) is 6.58. The molecule has 1 fully saturated rings. The van der Waals surface area contributed by atoms with Gasteiger partial charge in [0.05, 0.1) is 24.6 Å². The second-order valence-electron chi connectivity index (χ2n) is 7.13. The topological polar surface area (TPSA) is 88.6 Å². The maximum absolute atomic E-state index is 12.7. The molecule has 3 amide bonds. The molecule has 3 unspecified atom stereocenters. The first-order valence-electron chi connectivity index (χ1n) is 9.42. The summed E-state index contributed by atoms with van der Waals surface area (Å²) in [6.07, 6.45) is 4.96. The summed E-state index contributed by atoms with van der Waals surface area (Å²) < 4.78 is 5.15. The van der Waals surface area contributed by atoms with Gasteiger partial charge in [0.1, 0.15) is 11.8 Å². The molecule has 2 aliphatic rings. The van der Waals surface area contributed by atoms with Gasteiger partial charge in [0.2, 0.25) is 17.7 Å². The van der Waals surface area contributed by atoms with E-state index in [0.29, 0.717) is 18.0 Å². The molecule has 1 aliphatic heterocycles. The quantitative estimate of drug-likeness (QED) is 0.603. The molecule has 150 valence electrons. The van der Waals surface area contributed by atoms with Crippen LogP contribution in [0.1, 0.15) is 19.8 Å². The average molecular weight is 411 g/mol. The fourth-order valence-electron chi connectivity index (χ4n) is 3.76. The predicted octanol–water partition coefficient (Wildman–Crippen LogP) is 3.10. The predicted molar refractivity (Wildman–Crippen MR) is 109 cm³/mol.